The van der Waals surface area contributed by atoms with Gasteiger partial charge in [0.15, 0.2) is 0 Å². The monoisotopic (exact) mass is 371 g/mol. The topological polar surface area (TPSA) is 75.6 Å². The minimum absolute atomic E-state index is 0.165. The van der Waals surface area contributed by atoms with E-state index in [0.29, 0.717) is 13.0 Å². The molecule has 0 aliphatic carbocycles. The first-order valence-electron chi connectivity index (χ1n) is 8.39. The van der Waals surface area contributed by atoms with Crippen molar-refractivity contribution >= 4 is 23.3 Å². The van der Waals surface area contributed by atoms with E-state index in [9.17, 15) is 13.5 Å². The molecule has 0 radical (unpaired) electrons. The first-order valence-corrected chi connectivity index (χ1v) is 13.4. The van der Waals surface area contributed by atoms with Gasteiger partial charge in [0, 0.05) is 13.0 Å². The van der Waals surface area contributed by atoms with Crippen LogP contribution in [0.1, 0.15) is 25.8 Å². The molecule has 1 aliphatic rings. The van der Waals surface area contributed by atoms with Crippen LogP contribution in [0.25, 0.3) is 0 Å². The van der Waals surface area contributed by atoms with Crippen LogP contribution in [0.2, 0.25) is 19.6 Å². The third-order valence-corrected chi connectivity index (χ3v) is 8.59. The average Bonchev–Trinajstić information content (AvgIpc) is 2.48. The van der Waals surface area contributed by atoms with Gasteiger partial charge in [0.1, 0.15) is 5.60 Å². The molecule has 2 atom stereocenters. The highest BCUT2D eigenvalue weighted by atomic mass is 32.2. The zero-order chi connectivity index (χ0) is 18.2. The van der Waals surface area contributed by atoms with Crippen LogP contribution in [0.15, 0.2) is 24.3 Å². The molecular formula is C17H29NO4SSi. The Kier molecular flexibility index (Phi) is 5.61. The number of rotatable bonds is 5. The summed E-state index contributed by atoms with van der Waals surface area (Å²) in [6.07, 6.45) is 0.366. The summed E-state index contributed by atoms with van der Waals surface area (Å²) in [6.45, 7) is 10.6. The molecule has 2 N–H and O–H groups in total. The number of nitrogens with one attached hydrogen (secondary N) is 1. The van der Waals surface area contributed by atoms with Crippen molar-refractivity contribution in [3.05, 3.63) is 29.8 Å². The predicted molar refractivity (Wildman–Crippen MR) is 99.7 cm³/mol. The maximum Gasteiger partial charge on any atom is 0.214 e. The minimum atomic E-state index is -3.49. The second kappa shape index (κ2) is 6.88. The molecule has 0 amide bonds. The second-order valence-electron chi connectivity index (χ2n) is 7.84. The van der Waals surface area contributed by atoms with Gasteiger partial charge in [-0.3, -0.25) is 0 Å². The van der Waals surface area contributed by atoms with E-state index >= 15 is 0 Å². The molecule has 0 bridgehead atoms. The number of ether oxygens (including phenoxy) is 1. The van der Waals surface area contributed by atoms with Crippen LogP contribution < -0.4 is 9.91 Å². The Morgan fingerprint density at radius 1 is 1.25 bits per heavy atom. The SMILES string of the molecule is CC(C)S(=O)(=O)N[C@H]1COCC[C@@]1(O)c1ccc([Si](C)(C)C)cc1. The lowest BCUT2D eigenvalue weighted by Gasteiger charge is -2.40. The molecule has 1 fully saturated rings. The summed E-state index contributed by atoms with van der Waals surface area (Å²) in [6, 6.07) is 7.29. The fourth-order valence-corrected chi connectivity index (χ4v) is 4.91. The van der Waals surface area contributed by atoms with Crippen LogP contribution in [0.4, 0.5) is 0 Å². The molecule has 0 unspecified atom stereocenters. The van der Waals surface area contributed by atoms with E-state index in [1.54, 1.807) is 13.8 Å². The number of sulfonamides is 1. The van der Waals surface area contributed by atoms with Gasteiger partial charge in [-0.15, -0.1) is 0 Å². The molecule has 5 nitrogen and oxygen atoms in total. The summed E-state index contributed by atoms with van der Waals surface area (Å²) in [5, 5.41) is 12.0. The number of hydrogen-bond donors (Lipinski definition) is 2. The van der Waals surface area contributed by atoms with Crippen molar-refractivity contribution in [2.24, 2.45) is 0 Å². The van der Waals surface area contributed by atoms with Gasteiger partial charge in [-0.05, 0) is 19.4 Å². The Morgan fingerprint density at radius 3 is 2.33 bits per heavy atom. The van der Waals surface area contributed by atoms with Crippen molar-refractivity contribution in [1.82, 2.24) is 4.72 Å². The molecule has 1 aromatic carbocycles. The zero-order valence-electron chi connectivity index (χ0n) is 15.2. The fourth-order valence-electron chi connectivity index (χ4n) is 2.81. The van der Waals surface area contributed by atoms with Crippen molar-refractivity contribution in [3.63, 3.8) is 0 Å². The molecule has 1 aromatic rings. The van der Waals surface area contributed by atoms with E-state index < -0.39 is 35.0 Å². The maximum atomic E-state index is 12.2. The van der Waals surface area contributed by atoms with Gasteiger partial charge in [-0.25, -0.2) is 13.1 Å². The Hall–Kier alpha value is -0.733. The molecule has 0 saturated carbocycles. The first kappa shape index (κ1) is 19.6. The highest BCUT2D eigenvalue weighted by molar-refractivity contribution is 7.90. The van der Waals surface area contributed by atoms with Crippen molar-refractivity contribution in [1.29, 1.82) is 0 Å². The molecule has 24 heavy (non-hydrogen) atoms. The van der Waals surface area contributed by atoms with Crippen LogP contribution >= 0.6 is 0 Å². The molecule has 0 aromatic heterocycles. The number of benzene rings is 1. The van der Waals surface area contributed by atoms with E-state index in [-0.39, 0.29) is 6.61 Å². The van der Waals surface area contributed by atoms with E-state index in [1.807, 2.05) is 12.1 Å². The summed E-state index contributed by atoms with van der Waals surface area (Å²) >= 11 is 0. The molecule has 1 heterocycles. The molecular weight excluding hydrogens is 342 g/mol. The Morgan fingerprint density at radius 2 is 1.83 bits per heavy atom. The maximum absolute atomic E-state index is 12.2. The lowest BCUT2D eigenvalue weighted by Crippen LogP contribution is -2.57. The average molecular weight is 372 g/mol. The third-order valence-electron chi connectivity index (χ3n) is 4.67. The quantitative estimate of drug-likeness (QED) is 0.770. The van der Waals surface area contributed by atoms with E-state index in [2.05, 4.69) is 36.5 Å². The van der Waals surface area contributed by atoms with Crippen LogP contribution in [0, 0.1) is 0 Å². The third kappa shape index (κ3) is 4.08. The van der Waals surface area contributed by atoms with E-state index in [1.165, 1.54) is 5.19 Å². The van der Waals surface area contributed by atoms with Crippen molar-refractivity contribution in [3.8, 4) is 0 Å². The lowest BCUT2D eigenvalue weighted by atomic mass is 9.83. The summed E-state index contributed by atoms with van der Waals surface area (Å²) in [4.78, 5) is 0. The fraction of sp³-hybridized carbons (Fsp3) is 0.647. The number of hydrogen-bond acceptors (Lipinski definition) is 4. The van der Waals surface area contributed by atoms with Crippen molar-refractivity contribution < 1.29 is 18.3 Å². The molecule has 7 heteroatoms. The summed E-state index contributed by atoms with van der Waals surface area (Å²) < 4.78 is 32.5. The molecule has 1 saturated heterocycles. The zero-order valence-corrected chi connectivity index (χ0v) is 17.0. The Balaban J connectivity index is 2.33. The molecule has 0 spiro atoms. The van der Waals surface area contributed by atoms with Gasteiger partial charge in [0.2, 0.25) is 10.0 Å². The Labute approximate surface area is 146 Å². The van der Waals surface area contributed by atoms with Crippen molar-refractivity contribution in [2.75, 3.05) is 13.2 Å². The molecule has 2 rings (SSSR count). The molecule has 136 valence electrons. The highest BCUT2D eigenvalue weighted by Crippen LogP contribution is 2.32. The van der Waals surface area contributed by atoms with Crippen LogP contribution in [0.3, 0.4) is 0 Å². The standard InChI is InChI=1S/C17H29NO4SSi/c1-13(2)23(20,21)18-16-12-22-11-10-17(16,19)14-6-8-15(9-7-14)24(3,4)5/h6-9,13,16,18-19H,10-12H2,1-5H3/t16-,17+/m0/s1. The smallest absolute Gasteiger partial charge is 0.214 e. The van der Waals surface area contributed by atoms with Gasteiger partial charge in [0.25, 0.3) is 0 Å². The highest BCUT2D eigenvalue weighted by Gasteiger charge is 2.43. The molecule has 1 aliphatic heterocycles. The van der Waals surface area contributed by atoms with Gasteiger partial charge < -0.3 is 9.84 Å². The minimum Gasteiger partial charge on any atom is -0.383 e. The second-order valence-corrected chi connectivity index (χ2v) is 15.2. The van der Waals surface area contributed by atoms with Gasteiger partial charge in [-0.2, -0.15) is 0 Å². The van der Waals surface area contributed by atoms with Gasteiger partial charge in [-0.1, -0.05) is 49.1 Å². The summed E-state index contributed by atoms with van der Waals surface area (Å²) in [7, 11) is -4.91. The first-order chi connectivity index (χ1) is 11.0. The van der Waals surface area contributed by atoms with Gasteiger partial charge >= 0.3 is 0 Å². The van der Waals surface area contributed by atoms with E-state index in [0.717, 1.165) is 5.56 Å². The van der Waals surface area contributed by atoms with Crippen LogP contribution in [0.5, 0.6) is 0 Å². The predicted octanol–water partition coefficient (Wildman–Crippen LogP) is 1.54. The van der Waals surface area contributed by atoms with Crippen LogP contribution in [-0.2, 0) is 20.4 Å². The van der Waals surface area contributed by atoms with Crippen LogP contribution in [-0.4, -0.2) is 46.1 Å². The Bertz CT molecular complexity index is 667. The van der Waals surface area contributed by atoms with Gasteiger partial charge in [0.05, 0.1) is 26.0 Å². The van der Waals surface area contributed by atoms with Crippen molar-refractivity contribution in [2.45, 2.75) is 56.8 Å². The summed E-state index contributed by atoms with van der Waals surface area (Å²) in [5.41, 5.74) is -0.512. The normalized spacial score (nSPS) is 25.9. The summed E-state index contributed by atoms with van der Waals surface area (Å²) in [5.74, 6) is 0. The largest absolute Gasteiger partial charge is 0.383 e. The number of aliphatic hydroxyl groups is 1. The lowest BCUT2D eigenvalue weighted by molar-refractivity contribution is -0.0898. The van der Waals surface area contributed by atoms with E-state index in [4.69, 9.17) is 4.74 Å².